The largest absolute Gasteiger partial charge is 0.493 e. The third-order valence-electron chi connectivity index (χ3n) is 3.43. The van der Waals surface area contributed by atoms with E-state index in [0.717, 1.165) is 11.3 Å². The zero-order valence-electron chi connectivity index (χ0n) is 14.1. The van der Waals surface area contributed by atoms with Crippen LogP contribution in [-0.4, -0.2) is 24.8 Å². The van der Waals surface area contributed by atoms with Crippen molar-refractivity contribution < 1.29 is 14.3 Å². The molecule has 2 aromatic rings. The first kappa shape index (κ1) is 17.6. The number of terminal acetylenes is 1. The fourth-order valence-electron chi connectivity index (χ4n) is 2.26. The van der Waals surface area contributed by atoms with Crippen LogP contribution in [-0.2, 0) is 4.79 Å². The number of benzene rings is 2. The highest BCUT2D eigenvalue weighted by molar-refractivity contribution is 8.18. The normalized spacial score (nSPS) is 16.4. The molecule has 26 heavy (non-hydrogen) atoms. The predicted octanol–water partition coefficient (Wildman–Crippen LogP) is 3.60. The number of hydrogen-bond acceptors (Lipinski definition) is 5. The Morgan fingerprint density at radius 3 is 2.77 bits per heavy atom. The number of rotatable bonds is 5. The molecule has 1 N–H and O–H groups in total. The summed E-state index contributed by atoms with van der Waals surface area (Å²) in [5.41, 5.74) is 1.60. The minimum atomic E-state index is -0.184. The molecule has 0 unspecified atom stereocenters. The average molecular weight is 364 g/mol. The van der Waals surface area contributed by atoms with Gasteiger partial charge in [-0.15, -0.1) is 6.42 Å². The SMILES string of the molecule is C#CCOc1ccc(C=C2SC(=Nc3ccccc3)NC2=O)cc1OC. The molecule has 1 amide bonds. The molecule has 0 spiro atoms. The molecule has 1 aliphatic heterocycles. The Bertz CT molecular complexity index is 914. The molecule has 1 fully saturated rings. The Hall–Kier alpha value is -3.17. The molecule has 1 aliphatic rings. The Balaban J connectivity index is 1.80. The Morgan fingerprint density at radius 2 is 2.04 bits per heavy atom. The van der Waals surface area contributed by atoms with Gasteiger partial charge in [-0.1, -0.05) is 30.2 Å². The summed E-state index contributed by atoms with van der Waals surface area (Å²) in [6.07, 6.45) is 6.99. The molecule has 1 saturated heterocycles. The zero-order chi connectivity index (χ0) is 18.4. The summed E-state index contributed by atoms with van der Waals surface area (Å²) in [4.78, 5) is 17.2. The quantitative estimate of drug-likeness (QED) is 0.651. The van der Waals surface area contributed by atoms with E-state index in [9.17, 15) is 4.79 Å². The number of thioether (sulfide) groups is 1. The van der Waals surface area contributed by atoms with Gasteiger partial charge in [-0.25, -0.2) is 4.99 Å². The second-order valence-corrected chi connectivity index (χ2v) is 6.25. The first-order valence-corrected chi connectivity index (χ1v) is 8.60. The van der Waals surface area contributed by atoms with Gasteiger partial charge in [0.2, 0.25) is 0 Å². The van der Waals surface area contributed by atoms with Crippen LogP contribution in [0, 0.1) is 12.3 Å². The number of carbonyl (C=O) groups is 1. The number of amides is 1. The van der Waals surface area contributed by atoms with Gasteiger partial charge < -0.3 is 14.8 Å². The third-order valence-corrected chi connectivity index (χ3v) is 4.34. The molecular weight excluding hydrogens is 348 g/mol. The van der Waals surface area contributed by atoms with E-state index < -0.39 is 0 Å². The highest BCUT2D eigenvalue weighted by Gasteiger charge is 2.23. The maximum Gasteiger partial charge on any atom is 0.264 e. The van der Waals surface area contributed by atoms with E-state index in [1.807, 2.05) is 36.4 Å². The molecule has 2 aromatic carbocycles. The van der Waals surface area contributed by atoms with E-state index >= 15 is 0 Å². The molecule has 0 atom stereocenters. The lowest BCUT2D eigenvalue weighted by Crippen LogP contribution is -2.19. The van der Waals surface area contributed by atoms with Gasteiger partial charge in [-0.05, 0) is 47.7 Å². The lowest BCUT2D eigenvalue weighted by Gasteiger charge is -2.09. The van der Waals surface area contributed by atoms with Crippen LogP contribution in [0.3, 0.4) is 0 Å². The standard InChI is InChI=1S/C20H16N2O3S/c1-3-11-25-16-10-9-14(12-17(16)24-2)13-18-19(23)22-20(26-18)21-15-7-5-4-6-8-15/h1,4-10,12-13H,11H2,2H3,(H,21,22,23). The zero-order valence-corrected chi connectivity index (χ0v) is 14.9. The number of ether oxygens (including phenoxy) is 2. The van der Waals surface area contributed by atoms with Crippen LogP contribution in [0.15, 0.2) is 58.4 Å². The summed E-state index contributed by atoms with van der Waals surface area (Å²) >= 11 is 1.29. The monoisotopic (exact) mass is 364 g/mol. The maximum absolute atomic E-state index is 12.2. The second-order valence-electron chi connectivity index (χ2n) is 5.22. The molecule has 0 aromatic heterocycles. The van der Waals surface area contributed by atoms with Crippen LogP contribution < -0.4 is 14.8 Å². The van der Waals surface area contributed by atoms with Gasteiger partial charge in [0.25, 0.3) is 5.91 Å². The van der Waals surface area contributed by atoms with E-state index in [-0.39, 0.29) is 12.5 Å². The number of hydrogen-bond donors (Lipinski definition) is 1. The molecule has 3 rings (SSSR count). The fourth-order valence-corrected chi connectivity index (χ4v) is 3.11. The summed E-state index contributed by atoms with van der Waals surface area (Å²) in [5, 5.41) is 3.32. The Labute approximate surface area is 156 Å². The molecule has 5 nitrogen and oxygen atoms in total. The van der Waals surface area contributed by atoms with Gasteiger partial charge in [-0.2, -0.15) is 0 Å². The maximum atomic E-state index is 12.2. The lowest BCUT2D eigenvalue weighted by atomic mass is 10.2. The number of carbonyl (C=O) groups excluding carboxylic acids is 1. The van der Waals surface area contributed by atoms with Crippen LogP contribution in [0.5, 0.6) is 11.5 Å². The van der Waals surface area contributed by atoms with Crippen molar-refractivity contribution in [1.82, 2.24) is 5.32 Å². The van der Waals surface area contributed by atoms with E-state index in [0.29, 0.717) is 21.6 Å². The summed E-state index contributed by atoms with van der Waals surface area (Å²) in [7, 11) is 1.55. The summed E-state index contributed by atoms with van der Waals surface area (Å²) < 4.78 is 10.7. The molecule has 0 radical (unpaired) electrons. The Morgan fingerprint density at radius 1 is 1.23 bits per heavy atom. The smallest absolute Gasteiger partial charge is 0.264 e. The molecule has 1 heterocycles. The second kappa shape index (κ2) is 8.28. The van der Waals surface area contributed by atoms with Crippen molar-refractivity contribution in [2.75, 3.05) is 13.7 Å². The molecule has 130 valence electrons. The topological polar surface area (TPSA) is 59.9 Å². The first-order valence-electron chi connectivity index (χ1n) is 7.78. The van der Waals surface area contributed by atoms with Crippen LogP contribution in [0.1, 0.15) is 5.56 Å². The van der Waals surface area contributed by atoms with Gasteiger partial charge in [0, 0.05) is 0 Å². The molecule has 0 bridgehead atoms. The number of nitrogens with zero attached hydrogens (tertiary/aromatic N) is 1. The number of aliphatic imine (C=N–C) groups is 1. The van der Waals surface area contributed by atoms with Gasteiger partial charge in [0.05, 0.1) is 17.7 Å². The molecule has 0 aliphatic carbocycles. The summed E-state index contributed by atoms with van der Waals surface area (Å²) in [5.74, 6) is 3.34. The van der Waals surface area contributed by atoms with Crippen LogP contribution in [0.25, 0.3) is 6.08 Å². The first-order chi connectivity index (χ1) is 12.7. The predicted molar refractivity (Wildman–Crippen MR) is 105 cm³/mol. The van der Waals surface area contributed by atoms with Crippen LogP contribution in [0.2, 0.25) is 0 Å². The van der Waals surface area contributed by atoms with Gasteiger partial charge >= 0.3 is 0 Å². The lowest BCUT2D eigenvalue weighted by molar-refractivity contribution is -0.115. The van der Waals surface area contributed by atoms with Crippen molar-refractivity contribution in [1.29, 1.82) is 0 Å². The highest BCUT2D eigenvalue weighted by Crippen LogP contribution is 2.32. The van der Waals surface area contributed by atoms with Crippen molar-refractivity contribution in [3.8, 4) is 23.8 Å². The molecular formula is C20H16N2O3S. The third kappa shape index (κ3) is 4.26. The minimum Gasteiger partial charge on any atom is -0.493 e. The number of nitrogens with one attached hydrogen (secondary N) is 1. The van der Waals surface area contributed by atoms with Gasteiger partial charge in [0.15, 0.2) is 16.7 Å². The van der Waals surface area contributed by atoms with Gasteiger partial charge in [0.1, 0.15) is 6.61 Å². The van der Waals surface area contributed by atoms with E-state index in [2.05, 4.69) is 16.2 Å². The van der Waals surface area contributed by atoms with Gasteiger partial charge in [-0.3, -0.25) is 4.79 Å². The van der Waals surface area contributed by atoms with Crippen molar-refractivity contribution in [2.45, 2.75) is 0 Å². The van der Waals surface area contributed by atoms with E-state index in [4.69, 9.17) is 15.9 Å². The van der Waals surface area contributed by atoms with Crippen molar-refractivity contribution in [3.05, 3.63) is 59.0 Å². The fraction of sp³-hybridized carbons (Fsp3) is 0.100. The molecule has 6 heteroatoms. The van der Waals surface area contributed by atoms with E-state index in [1.54, 1.807) is 25.3 Å². The van der Waals surface area contributed by atoms with Crippen molar-refractivity contribution in [3.63, 3.8) is 0 Å². The Kier molecular flexibility index (Phi) is 5.62. The van der Waals surface area contributed by atoms with E-state index in [1.165, 1.54) is 11.8 Å². The average Bonchev–Trinajstić information content (AvgIpc) is 3.00. The summed E-state index contributed by atoms with van der Waals surface area (Å²) in [6, 6.07) is 14.9. The highest BCUT2D eigenvalue weighted by atomic mass is 32.2. The summed E-state index contributed by atoms with van der Waals surface area (Å²) in [6.45, 7) is 0.161. The van der Waals surface area contributed by atoms with Crippen molar-refractivity contribution >= 4 is 34.6 Å². The number of amidine groups is 1. The molecule has 0 saturated carbocycles. The van der Waals surface area contributed by atoms with Crippen molar-refractivity contribution in [2.24, 2.45) is 4.99 Å². The number of para-hydroxylation sites is 1. The van der Waals surface area contributed by atoms with Crippen LogP contribution >= 0.6 is 11.8 Å². The minimum absolute atomic E-state index is 0.161. The van der Waals surface area contributed by atoms with Crippen LogP contribution in [0.4, 0.5) is 5.69 Å². The number of methoxy groups -OCH3 is 1.